The van der Waals surface area contributed by atoms with Gasteiger partial charge in [-0.15, -0.1) is 0 Å². The molecule has 0 radical (unpaired) electrons. The Morgan fingerprint density at radius 1 is 1.63 bits per heavy atom. The van der Waals surface area contributed by atoms with E-state index in [1.807, 2.05) is 6.07 Å². The Labute approximate surface area is 118 Å². The average Bonchev–Trinajstić information content (AvgIpc) is 3.16. The Kier molecular flexibility index (Phi) is 4.05. The van der Waals surface area contributed by atoms with Crippen molar-refractivity contribution in [3.63, 3.8) is 0 Å². The maximum Gasteiger partial charge on any atom is 0.239 e. The summed E-state index contributed by atoms with van der Waals surface area (Å²) in [5.74, 6) is -0.566. The van der Waals surface area contributed by atoms with Gasteiger partial charge in [0.05, 0.1) is 11.3 Å². The van der Waals surface area contributed by atoms with E-state index in [-0.39, 0.29) is 11.3 Å². The number of nitrogens with two attached hydrogens (primary N) is 1. The van der Waals surface area contributed by atoms with Crippen molar-refractivity contribution in [3.8, 4) is 6.07 Å². The van der Waals surface area contributed by atoms with Crippen LogP contribution < -0.4 is 11.1 Å². The molecule has 1 amide bonds. The number of carbonyl (C=O) groups excluding carboxylic acids is 1. The second kappa shape index (κ2) is 5.57. The lowest BCUT2D eigenvalue weighted by atomic mass is 10.1. The van der Waals surface area contributed by atoms with E-state index in [4.69, 9.17) is 11.0 Å². The minimum absolute atomic E-state index is 0.176. The van der Waals surface area contributed by atoms with E-state index in [2.05, 4.69) is 21.2 Å². The maximum atomic E-state index is 13.8. The molecule has 0 bridgehead atoms. The van der Waals surface area contributed by atoms with E-state index in [0.29, 0.717) is 16.8 Å². The number of halogens is 2. The molecule has 4 nitrogen and oxygen atoms in total. The number of hydrogen-bond donors (Lipinski definition) is 2. The van der Waals surface area contributed by atoms with Crippen LogP contribution in [-0.2, 0) is 4.79 Å². The van der Waals surface area contributed by atoms with Crippen molar-refractivity contribution >= 4 is 27.5 Å². The Bertz CT molecular complexity index is 552. The minimum atomic E-state index is -0.582. The molecule has 3 N–H and O–H groups in total. The molecule has 0 aliphatic heterocycles. The molecule has 0 aromatic heterocycles. The van der Waals surface area contributed by atoms with Gasteiger partial charge in [0.15, 0.2) is 0 Å². The van der Waals surface area contributed by atoms with Crippen molar-refractivity contribution in [2.45, 2.75) is 25.3 Å². The van der Waals surface area contributed by atoms with Crippen molar-refractivity contribution in [2.75, 3.05) is 5.32 Å². The number of benzene rings is 1. The molecule has 1 unspecified atom stereocenters. The van der Waals surface area contributed by atoms with Crippen LogP contribution in [0.3, 0.4) is 0 Å². The van der Waals surface area contributed by atoms with Crippen molar-refractivity contribution in [2.24, 2.45) is 11.7 Å². The molecule has 0 saturated heterocycles. The van der Waals surface area contributed by atoms with Crippen molar-refractivity contribution in [1.82, 2.24) is 0 Å². The summed E-state index contributed by atoms with van der Waals surface area (Å²) in [6.45, 7) is 0. The fourth-order valence-corrected chi connectivity index (χ4v) is 2.30. The number of nitriles is 1. The monoisotopic (exact) mass is 325 g/mol. The number of anilines is 1. The quantitative estimate of drug-likeness (QED) is 0.873. The average molecular weight is 326 g/mol. The van der Waals surface area contributed by atoms with Gasteiger partial charge in [0.2, 0.25) is 5.91 Å². The van der Waals surface area contributed by atoms with E-state index in [1.54, 1.807) is 0 Å². The number of hydrogen-bond acceptors (Lipinski definition) is 3. The summed E-state index contributed by atoms with van der Waals surface area (Å²) in [5, 5.41) is 11.6. The van der Waals surface area contributed by atoms with Crippen LogP contribution in [0.2, 0.25) is 0 Å². The van der Waals surface area contributed by atoms with Crippen LogP contribution in [-0.4, -0.2) is 11.9 Å². The first-order valence-corrected chi connectivity index (χ1v) is 6.75. The number of amides is 1. The first kappa shape index (κ1) is 13.8. The summed E-state index contributed by atoms with van der Waals surface area (Å²) in [7, 11) is 0. The predicted octanol–water partition coefficient (Wildman–Crippen LogP) is 2.53. The Hall–Kier alpha value is -1.61. The largest absolute Gasteiger partial charge is 0.371 e. The lowest BCUT2D eigenvalue weighted by molar-refractivity contribution is -0.118. The van der Waals surface area contributed by atoms with Crippen LogP contribution in [0.1, 0.15) is 24.8 Å². The van der Waals surface area contributed by atoms with E-state index in [0.717, 1.165) is 18.9 Å². The van der Waals surface area contributed by atoms with Gasteiger partial charge >= 0.3 is 0 Å². The number of primary amides is 1. The molecule has 6 heteroatoms. The summed E-state index contributed by atoms with van der Waals surface area (Å²) in [5.41, 5.74) is 5.70. The zero-order chi connectivity index (χ0) is 14.0. The molecule has 1 aromatic carbocycles. The van der Waals surface area contributed by atoms with Gasteiger partial charge in [-0.1, -0.05) is 12.8 Å². The Morgan fingerprint density at radius 3 is 2.84 bits per heavy atom. The molecule has 0 spiro atoms. The molecular weight excluding hydrogens is 313 g/mol. The lowest BCUT2D eigenvalue weighted by Gasteiger charge is -2.17. The maximum absolute atomic E-state index is 13.8. The van der Waals surface area contributed by atoms with Crippen LogP contribution in [0.15, 0.2) is 16.6 Å². The molecule has 1 fully saturated rings. The number of rotatable bonds is 5. The smallest absolute Gasteiger partial charge is 0.239 e. The molecule has 0 heterocycles. The number of nitrogens with one attached hydrogen (secondary N) is 1. The first-order valence-electron chi connectivity index (χ1n) is 5.96. The third kappa shape index (κ3) is 3.44. The van der Waals surface area contributed by atoms with E-state index < -0.39 is 17.8 Å². The molecule has 1 atom stereocenters. The highest BCUT2D eigenvalue weighted by Crippen LogP contribution is 2.34. The zero-order valence-corrected chi connectivity index (χ0v) is 11.7. The van der Waals surface area contributed by atoms with Gasteiger partial charge in [-0.05, 0) is 40.4 Å². The van der Waals surface area contributed by atoms with Gasteiger partial charge in [0.25, 0.3) is 0 Å². The molecule has 1 aliphatic carbocycles. The van der Waals surface area contributed by atoms with Crippen LogP contribution in [0, 0.1) is 23.1 Å². The number of nitrogens with zero attached hydrogens (tertiary/aromatic N) is 1. The van der Waals surface area contributed by atoms with Crippen LogP contribution in [0.4, 0.5) is 10.1 Å². The molecular formula is C13H13BrFN3O. The SMILES string of the molecule is N#Cc1cc(F)c(NC(CC2CC2)C(N)=O)cc1Br. The van der Waals surface area contributed by atoms with Gasteiger partial charge in [-0.2, -0.15) is 5.26 Å². The van der Waals surface area contributed by atoms with Gasteiger partial charge < -0.3 is 11.1 Å². The normalized spacial score (nSPS) is 15.6. The molecule has 1 aliphatic rings. The topological polar surface area (TPSA) is 78.9 Å². The van der Waals surface area contributed by atoms with E-state index in [1.165, 1.54) is 6.07 Å². The lowest BCUT2D eigenvalue weighted by Crippen LogP contribution is -2.36. The molecule has 2 rings (SSSR count). The van der Waals surface area contributed by atoms with Crippen molar-refractivity contribution < 1.29 is 9.18 Å². The van der Waals surface area contributed by atoms with Crippen LogP contribution >= 0.6 is 15.9 Å². The van der Waals surface area contributed by atoms with Gasteiger partial charge in [0, 0.05) is 4.47 Å². The third-order valence-corrected chi connectivity index (χ3v) is 3.77. The Morgan fingerprint density at radius 2 is 2.32 bits per heavy atom. The highest BCUT2D eigenvalue weighted by Gasteiger charge is 2.28. The van der Waals surface area contributed by atoms with Crippen molar-refractivity contribution in [3.05, 3.63) is 28.0 Å². The summed E-state index contributed by atoms with van der Waals surface area (Å²) < 4.78 is 14.3. The van der Waals surface area contributed by atoms with E-state index in [9.17, 15) is 9.18 Å². The Balaban J connectivity index is 2.18. The number of carbonyl (C=O) groups is 1. The standard InChI is InChI=1S/C13H13BrFN3O/c14-9-5-11(10(15)4-8(9)6-16)18-12(13(17)19)3-7-1-2-7/h4-5,7,12,18H,1-3H2,(H2,17,19). The van der Waals surface area contributed by atoms with Crippen LogP contribution in [0.25, 0.3) is 0 Å². The fraction of sp³-hybridized carbons (Fsp3) is 0.385. The zero-order valence-electron chi connectivity index (χ0n) is 10.1. The molecule has 1 aromatic rings. The molecule has 100 valence electrons. The summed E-state index contributed by atoms with van der Waals surface area (Å²) in [6, 6.07) is 3.88. The van der Waals surface area contributed by atoms with Crippen molar-refractivity contribution in [1.29, 1.82) is 5.26 Å². The summed E-state index contributed by atoms with van der Waals surface area (Å²) >= 11 is 3.19. The van der Waals surface area contributed by atoms with Gasteiger partial charge in [-0.25, -0.2) is 4.39 Å². The minimum Gasteiger partial charge on any atom is -0.371 e. The highest BCUT2D eigenvalue weighted by atomic mass is 79.9. The summed E-state index contributed by atoms with van der Waals surface area (Å²) in [6.07, 6.45) is 2.79. The van der Waals surface area contributed by atoms with Crippen LogP contribution in [0.5, 0.6) is 0 Å². The third-order valence-electron chi connectivity index (χ3n) is 3.12. The first-order chi connectivity index (χ1) is 9.01. The molecule has 19 heavy (non-hydrogen) atoms. The molecule has 1 saturated carbocycles. The predicted molar refractivity (Wildman–Crippen MR) is 72.8 cm³/mol. The highest BCUT2D eigenvalue weighted by molar-refractivity contribution is 9.10. The second-order valence-electron chi connectivity index (χ2n) is 4.70. The van der Waals surface area contributed by atoms with E-state index >= 15 is 0 Å². The fourth-order valence-electron chi connectivity index (χ4n) is 1.86. The van der Waals surface area contributed by atoms with Gasteiger partial charge in [-0.3, -0.25) is 4.79 Å². The second-order valence-corrected chi connectivity index (χ2v) is 5.56. The summed E-state index contributed by atoms with van der Waals surface area (Å²) in [4.78, 5) is 11.4. The van der Waals surface area contributed by atoms with Gasteiger partial charge in [0.1, 0.15) is 17.9 Å².